The zero-order valence-electron chi connectivity index (χ0n) is 11.3. The lowest BCUT2D eigenvalue weighted by molar-refractivity contribution is 0.116. The molecule has 0 saturated heterocycles. The fraction of sp³-hybridized carbons (Fsp3) is 0.846. The van der Waals surface area contributed by atoms with Crippen LogP contribution in [0.15, 0.2) is 4.52 Å². The van der Waals surface area contributed by atoms with Crippen LogP contribution in [0.5, 0.6) is 0 Å². The molecule has 102 valence electrons. The van der Waals surface area contributed by atoms with Crippen LogP contribution in [0.2, 0.25) is 0 Å². The highest BCUT2D eigenvalue weighted by Gasteiger charge is 2.25. The first-order valence-corrected chi connectivity index (χ1v) is 6.78. The number of nitrogens with two attached hydrogens (primary N) is 1. The van der Waals surface area contributed by atoms with Gasteiger partial charge in [-0.25, -0.2) is 0 Å². The van der Waals surface area contributed by atoms with Gasteiger partial charge in [-0.2, -0.15) is 4.98 Å². The van der Waals surface area contributed by atoms with E-state index in [4.69, 9.17) is 15.0 Å². The Kier molecular flexibility index (Phi) is 4.72. The van der Waals surface area contributed by atoms with E-state index in [-0.39, 0.29) is 6.10 Å². The normalized spacial score (nSPS) is 26.2. The third-order valence-corrected chi connectivity index (χ3v) is 3.89. The molecule has 5 heteroatoms. The summed E-state index contributed by atoms with van der Waals surface area (Å²) < 4.78 is 10.6. The summed E-state index contributed by atoms with van der Waals surface area (Å²) in [7, 11) is 1.69. The molecule has 0 aromatic carbocycles. The zero-order chi connectivity index (χ0) is 13.0. The van der Waals surface area contributed by atoms with E-state index in [1.54, 1.807) is 7.11 Å². The molecule has 1 heterocycles. The lowest BCUT2D eigenvalue weighted by Gasteiger charge is -2.24. The van der Waals surface area contributed by atoms with E-state index in [1.165, 1.54) is 12.8 Å². The summed E-state index contributed by atoms with van der Waals surface area (Å²) in [4.78, 5) is 4.48. The molecule has 0 bridgehead atoms. The Morgan fingerprint density at radius 3 is 2.72 bits per heavy atom. The molecule has 0 aliphatic heterocycles. The van der Waals surface area contributed by atoms with Gasteiger partial charge in [0.05, 0.1) is 6.10 Å². The van der Waals surface area contributed by atoms with Crippen LogP contribution in [-0.2, 0) is 11.2 Å². The largest absolute Gasteiger partial charge is 0.381 e. The van der Waals surface area contributed by atoms with E-state index in [1.807, 2.05) is 6.92 Å². The molecule has 2 N–H and O–H groups in total. The van der Waals surface area contributed by atoms with Gasteiger partial charge >= 0.3 is 0 Å². The van der Waals surface area contributed by atoms with Gasteiger partial charge in [0, 0.05) is 19.4 Å². The average Bonchev–Trinajstić information content (AvgIpc) is 2.87. The molecular weight excluding hydrogens is 230 g/mol. The van der Waals surface area contributed by atoms with Gasteiger partial charge in [0.15, 0.2) is 5.82 Å². The first-order valence-electron chi connectivity index (χ1n) is 6.78. The van der Waals surface area contributed by atoms with Crippen LogP contribution in [0.3, 0.4) is 0 Å². The number of hydrogen-bond acceptors (Lipinski definition) is 5. The van der Waals surface area contributed by atoms with Gasteiger partial charge < -0.3 is 15.0 Å². The first kappa shape index (κ1) is 13.5. The van der Waals surface area contributed by atoms with E-state index in [0.29, 0.717) is 18.3 Å². The smallest absolute Gasteiger partial charge is 0.229 e. The minimum absolute atomic E-state index is 0.128. The molecule has 1 saturated carbocycles. The van der Waals surface area contributed by atoms with E-state index in [0.717, 1.165) is 31.1 Å². The minimum Gasteiger partial charge on any atom is -0.381 e. The molecule has 0 spiro atoms. The Morgan fingerprint density at radius 1 is 1.39 bits per heavy atom. The predicted molar refractivity (Wildman–Crippen MR) is 68.2 cm³/mol. The molecule has 0 amide bonds. The summed E-state index contributed by atoms with van der Waals surface area (Å²) >= 11 is 0. The molecule has 0 radical (unpaired) electrons. The van der Waals surface area contributed by atoms with Crippen molar-refractivity contribution in [2.45, 2.75) is 51.0 Å². The van der Waals surface area contributed by atoms with E-state index < -0.39 is 0 Å². The zero-order valence-corrected chi connectivity index (χ0v) is 11.3. The Bertz CT molecular complexity index is 359. The monoisotopic (exact) mass is 253 g/mol. The fourth-order valence-electron chi connectivity index (χ4n) is 2.50. The van der Waals surface area contributed by atoms with Gasteiger partial charge in [-0.1, -0.05) is 5.16 Å². The number of hydrogen-bond donors (Lipinski definition) is 1. The Balaban J connectivity index is 1.90. The molecular formula is C13H23N3O2. The quantitative estimate of drug-likeness (QED) is 0.867. The van der Waals surface area contributed by atoms with Crippen LogP contribution in [-0.4, -0.2) is 29.9 Å². The lowest BCUT2D eigenvalue weighted by Crippen LogP contribution is -2.20. The van der Waals surface area contributed by atoms with E-state index in [9.17, 15) is 0 Å². The van der Waals surface area contributed by atoms with Crippen LogP contribution in [0.4, 0.5) is 0 Å². The maximum Gasteiger partial charge on any atom is 0.229 e. The lowest BCUT2D eigenvalue weighted by atomic mass is 9.82. The topological polar surface area (TPSA) is 74.2 Å². The maximum atomic E-state index is 5.70. The molecule has 1 aromatic heterocycles. The SMILES string of the molecule is COC(C)Cc1noc(C2CCC(CN)CC2)n1. The second-order valence-corrected chi connectivity index (χ2v) is 5.25. The molecule has 5 nitrogen and oxygen atoms in total. The highest BCUT2D eigenvalue weighted by molar-refractivity contribution is 4.97. The number of methoxy groups -OCH3 is 1. The van der Waals surface area contributed by atoms with Crippen LogP contribution in [0, 0.1) is 5.92 Å². The van der Waals surface area contributed by atoms with Crippen LogP contribution >= 0.6 is 0 Å². The van der Waals surface area contributed by atoms with Gasteiger partial charge in [0.25, 0.3) is 0 Å². The van der Waals surface area contributed by atoms with Crippen molar-refractivity contribution >= 4 is 0 Å². The highest BCUT2D eigenvalue weighted by atomic mass is 16.5. The molecule has 1 aliphatic rings. The molecule has 18 heavy (non-hydrogen) atoms. The van der Waals surface area contributed by atoms with Crippen LogP contribution in [0.1, 0.15) is 50.2 Å². The van der Waals surface area contributed by atoms with Gasteiger partial charge in [0.2, 0.25) is 5.89 Å². The molecule has 1 unspecified atom stereocenters. The summed E-state index contributed by atoms with van der Waals surface area (Å²) in [5, 5.41) is 4.03. The van der Waals surface area contributed by atoms with Crippen molar-refractivity contribution < 1.29 is 9.26 Å². The third-order valence-electron chi connectivity index (χ3n) is 3.89. The van der Waals surface area contributed by atoms with Crippen molar-refractivity contribution in [2.24, 2.45) is 11.7 Å². The second-order valence-electron chi connectivity index (χ2n) is 5.25. The minimum atomic E-state index is 0.128. The summed E-state index contributed by atoms with van der Waals surface area (Å²) in [6.07, 6.45) is 5.41. The van der Waals surface area contributed by atoms with Crippen LogP contribution in [0.25, 0.3) is 0 Å². The summed E-state index contributed by atoms with van der Waals surface area (Å²) in [6, 6.07) is 0. The average molecular weight is 253 g/mol. The van der Waals surface area contributed by atoms with Crippen molar-refractivity contribution in [1.82, 2.24) is 10.1 Å². The summed E-state index contributed by atoms with van der Waals surface area (Å²) in [6.45, 7) is 2.80. The van der Waals surface area contributed by atoms with Gasteiger partial charge in [0.1, 0.15) is 0 Å². The van der Waals surface area contributed by atoms with Gasteiger partial charge in [-0.15, -0.1) is 0 Å². The van der Waals surface area contributed by atoms with Gasteiger partial charge in [-0.05, 0) is 45.1 Å². The number of ether oxygens (including phenoxy) is 1. The standard InChI is InChI=1S/C13H23N3O2/c1-9(17-2)7-12-15-13(18-16-12)11-5-3-10(8-14)4-6-11/h9-11H,3-8,14H2,1-2H3. The van der Waals surface area contributed by atoms with Crippen molar-refractivity contribution in [2.75, 3.05) is 13.7 Å². The first-order chi connectivity index (χ1) is 8.72. The molecule has 2 rings (SSSR count). The number of aromatic nitrogens is 2. The fourth-order valence-corrected chi connectivity index (χ4v) is 2.50. The van der Waals surface area contributed by atoms with Crippen molar-refractivity contribution in [3.8, 4) is 0 Å². The Morgan fingerprint density at radius 2 is 2.11 bits per heavy atom. The molecule has 1 aromatic rings. The summed E-state index contributed by atoms with van der Waals surface area (Å²) in [5.41, 5.74) is 5.70. The van der Waals surface area contributed by atoms with Gasteiger partial charge in [-0.3, -0.25) is 0 Å². The number of rotatable bonds is 5. The van der Waals surface area contributed by atoms with E-state index >= 15 is 0 Å². The second kappa shape index (κ2) is 6.29. The molecule has 1 aliphatic carbocycles. The molecule has 1 fully saturated rings. The third kappa shape index (κ3) is 3.29. The Labute approximate surface area is 108 Å². The van der Waals surface area contributed by atoms with E-state index in [2.05, 4.69) is 10.1 Å². The van der Waals surface area contributed by atoms with Crippen LogP contribution < -0.4 is 5.73 Å². The highest BCUT2D eigenvalue weighted by Crippen LogP contribution is 2.34. The summed E-state index contributed by atoms with van der Waals surface area (Å²) in [5.74, 6) is 2.65. The predicted octanol–water partition coefficient (Wildman–Crippen LogP) is 1.88. The maximum absolute atomic E-state index is 5.70. The molecule has 1 atom stereocenters. The van der Waals surface area contributed by atoms with Crippen molar-refractivity contribution in [1.29, 1.82) is 0 Å². The Hall–Kier alpha value is -0.940. The van der Waals surface area contributed by atoms with Crippen molar-refractivity contribution in [3.05, 3.63) is 11.7 Å². The van der Waals surface area contributed by atoms with Crippen molar-refractivity contribution in [3.63, 3.8) is 0 Å². The number of nitrogens with zero attached hydrogens (tertiary/aromatic N) is 2.